The fraction of sp³-hybridized carbons (Fsp3) is 1.00. The van der Waals surface area contributed by atoms with Gasteiger partial charge < -0.3 is 5.73 Å². The van der Waals surface area contributed by atoms with Crippen LogP contribution in [0.3, 0.4) is 0 Å². The van der Waals surface area contributed by atoms with E-state index < -0.39 is 0 Å². The Hall–Kier alpha value is -0.0800. The van der Waals surface area contributed by atoms with Crippen molar-refractivity contribution >= 4 is 0 Å². The molecule has 2 heteroatoms. The number of nitrogens with two attached hydrogens (primary N) is 1. The van der Waals surface area contributed by atoms with Crippen molar-refractivity contribution in [3.8, 4) is 0 Å². The monoisotopic (exact) mass is 238 g/mol. The molecule has 1 saturated carbocycles. The molecule has 100 valence electrons. The summed E-state index contributed by atoms with van der Waals surface area (Å²) in [7, 11) is 0. The van der Waals surface area contributed by atoms with E-state index in [1.165, 1.54) is 51.6 Å². The predicted octanol–water partition coefficient (Wildman–Crippen LogP) is 3.01. The quantitative estimate of drug-likeness (QED) is 0.819. The lowest BCUT2D eigenvalue weighted by Gasteiger charge is -2.43. The van der Waals surface area contributed by atoms with Gasteiger partial charge in [-0.05, 0) is 50.0 Å². The average Bonchev–Trinajstić information content (AvgIpc) is 2.71. The standard InChI is InChI=1S/C15H30N2/c1-4-5-12-7-9-17(11-12)14-10-15(2,3)8-6-13(14)16/h12-14H,4-11,16H2,1-3H3. The number of nitrogens with zero attached hydrogens (tertiary/aromatic N) is 1. The lowest BCUT2D eigenvalue weighted by molar-refractivity contribution is 0.0921. The third-order valence-electron chi connectivity index (χ3n) is 4.89. The summed E-state index contributed by atoms with van der Waals surface area (Å²) in [6.45, 7) is 9.72. The Morgan fingerprint density at radius 1 is 1.29 bits per heavy atom. The molecule has 1 saturated heterocycles. The molecule has 1 aliphatic carbocycles. The first kappa shape index (κ1) is 13.4. The minimum atomic E-state index is 0.420. The van der Waals surface area contributed by atoms with Crippen molar-refractivity contribution in [2.45, 2.75) is 71.4 Å². The van der Waals surface area contributed by atoms with Crippen molar-refractivity contribution in [1.29, 1.82) is 0 Å². The first-order valence-electron chi connectivity index (χ1n) is 7.51. The molecule has 0 aromatic heterocycles. The lowest BCUT2D eigenvalue weighted by Crippen LogP contribution is -2.52. The van der Waals surface area contributed by atoms with Gasteiger partial charge in [0.1, 0.15) is 0 Å². The molecule has 0 aromatic rings. The van der Waals surface area contributed by atoms with E-state index in [-0.39, 0.29) is 0 Å². The van der Waals surface area contributed by atoms with Crippen LogP contribution in [0.1, 0.15) is 59.3 Å². The van der Waals surface area contributed by atoms with Gasteiger partial charge in [-0.25, -0.2) is 0 Å². The van der Waals surface area contributed by atoms with E-state index >= 15 is 0 Å². The molecule has 2 rings (SSSR count). The van der Waals surface area contributed by atoms with Gasteiger partial charge in [-0.15, -0.1) is 0 Å². The molecular weight excluding hydrogens is 208 g/mol. The van der Waals surface area contributed by atoms with Crippen LogP contribution in [0.4, 0.5) is 0 Å². The van der Waals surface area contributed by atoms with Gasteiger partial charge in [0, 0.05) is 18.6 Å². The number of hydrogen-bond donors (Lipinski definition) is 1. The molecule has 0 aromatic carbocycles. The minimum absolute atomic E-state index is 0.420. The van der Waals surface area contributed by atoms with Crippen LogP contribution >= 0.6 is 0 Å². The molecule has 0 spiro atoms. The average molecular weight is 238 g/mol. The number of hydrogen-bond acceptors (Lipinski definition) is 2. The maximum atomic E-state index is 6.36. The normalized spacial score (nSPS) is 38.5. The predicted molar refractivity (Wildman–Crippen MR) is 74.0 cm³/mol. The Morgan fingerprint density at radius 3 is 2.76 bits per heavy atom. The summed E-state index contributed by atoms with van der Waals surface area (Å²) in [6.07, 6.45) is 7.95. The summed E-state index contributed by atoms with van der Waals surface area (Å²) in [5, 5.41) is 0. The fourth-order valence-electron chi connectivity index (χ4n) is 3.78. The van der Waals surface area contributed by atoms with Crippen LogP contribution in [-0.2, 0) is 0 Å². The van der Waals surface area contributed by atoms with Gasteiger partial charge in [-0.3, -0.25) is 4.90 Å². The summed E-state index contributed by atoms with van der Waals surface area (Å²) in [6, 6.07) is 1.07. The third-order valence-corrected chi connectivity index (χ3v) is 4.89. The second-order valence-corrected chi connectivity index (χ2v) is 7.08. The van der Waals surface area contributed by atoms with E-state index in [4.69, 9.17) is 5.73 Å². The van der Waals surface area contributed by atoms with Gasteiger partial charge in [0.25, 0.3) is 0 Å². The van der Waals surface area contributed by atoms with E-state index in [2.05, 4.69) is 25.7 Å². The molecule has 1 heterocycles. The molecule has 2 N–H and O–H groups in total. The molecule has 2 nitrogen and oxygen atoms in total. The Morgan fingerprint density at radius 2 is 2.06 bits per heavy atom. The van der Waals surface area contributed by atoms with Crippen molar-refractivity contribution in [2.75, 3.05) is 13.1 Å². The van der Waals surface area contributed by atoms with E-state index in [1.807, 2.05) is 0 Å². The van der Waals surface area contributed by atoms with Crippen LogP contribution in [0.5, 0.6) is 0 Å². The molecule has 3 unspecified atom stereocenters. The topological polar surface area (TPSA) is 29.3 Å². The summed E-state index contributed by atoms with van der Waals surface area (Å²) < 4.78 is 0. The Kier molecular flexibility index (Phi) is 4.14. The van der Waals surface area contributed by atoms with Gasteiger partial charge in [-0.2, -0.15) is 0 Å². The highest BCUT2D eigenvalue weighted by molar-refractivity contribution is 4.95. The summed E-state index contributed by atoms with van der Waals surface area (Å²) in [5.41, 5.74) is 6.86. The number of likely N-dealkylation sites (tertiary alicyclic amines) is 1. The molecule has 0 amide bonds. The minimum Gasteiger partial charge on any atom is -0.326 e. The molecular formula is C15H30N2. The summed E-state index contributed by atoms with van der Waals surface area (Å²) >= 11 is 0. The first-order valence-corrected chi connectivity index (χ1v) is 7.51. The van der Waals surface area contributed by atoms with Gasteiger partial charge in [0.15, 0.2) is 0 Å². The second-order valence-electron chi connectivity index (χ2n) is 7.08. The molecule has 2 fully saturated rings. The number of rotatable bonds is 3. The van der Waals surface area contributed by atoms with E-state index in [9.17, 15) is 0 Å². The van der Waals surface area contributed by atoms with Crippen LogP contribution in [0, 0.1) is 11.3 Å². The smallest absolute Gasteiger partial charge is 0.0252 e. The molecule has 3 atom stereocenters. The highest BCUT2D eigenvalue weighted by Crippen LogP contribution is 2.38. The largest absolute Gasteiger partial charge is 0.326 e. The van der Waals surface area contributed by atoms with Crippen molar-refractivity contribution in [1.82, 2.24) is 4.90 Å². The zero-order valence-corrected chi connectivity index (χ0v) is 11.9. The van der Waals surface area contributed by atoms with Crippen molar-refractivity contribution in [3.63, 3.8) is 0 Å². The highest BCUT2D eigenvalue weighted by Gasteiger charge is 2.38. The molecule has 17 heavy (non-hydrogen) atoms. The molecule has 0 bridgehead atoms. The third kappa shape index (κ3) is 3.23. The van der Waals surface area contributed by atoms with Crippen molar-refractivity contribution in [2.24, 2.45) is 17.1 Å². The van der Waals surface area contributed by atoms with E-state index in [1.54, 1.807) is 0 Å². The lowest BCUT2D eigenvalue weighted by atomic mass is 9.72. The Balaban J connectivity index is 1.92. The second kappa shape index (κ2) is 5.27. The summed E-state index contributed by atoms with van der Waals surface area (Å²) in [5.74, 6) is 0.942. The van der Waals surface area contributed by atoms with Crippen molar-refractivity contribution in [3.05, 3.63) is 0 Å². The van der Waals surface area contributed by atoms with E-state index in [0.29, 0.717) is 17.5 Å². The van der Waals surface area contributed by atoms with Crippen LogP contribution < -0.4 is 5.73 Å². The van der Waals surface area contributed by atoms with E-state index in [0.717, 1.165) is 5.92 Å². The molecule has 0 radical (unpaired) electrons. The summed E-state index contributed by atoms with van der Waals surface area (Å²) in [4.78, 5) is 2.70. The maximum Gasteiger partial charge on any atom is 0.0252 e. The Labute approximate surface area is 107 Å². The SMILES string of the molecule is CCCC1CCN(C2CC(C)(C)CCC2N)C1. The molecule has 1 aliphatic heterocycles. The van der Waals surface area contributed by atoms with Gasteiger partial charge >= 0.3 is 0 Å². The molecule has 2 aliphatic rings. The highest BCUT2D eigenvalue weighted by atomic mass is 15.2. The van der Waals surface area contributed by atoms with Crippen LogP contribution in [0.2, 0.25) is 0 Å². The fourth-order valence-corrected chi connectivity index (χ4v) is 3.78. The Bertz CT molecular complexity index is 249. The zero-order valence-electron chi connectivity index (χ0n) is 11.9. The van der Waals surface area contributed by atoms with Crippen LogP contribution in [0.25, 0.3) is 0 Å². The maximum absolute atomic E-state index is 6.36. The van der Waals surface area contributed by atoms with Gasteiger partial charge in [0.2, 0.25) is 0 Å². The first-order chi connectivity index (χ1) is 8.02. The zero-order chi connectivity index (χ0) is 12.5. The van der Waals surface area contributed by atoms with Crippen molar-refractivity contribution < 1.29 is 0 Å². The van der Waals surface area contributed by atoms with Gasteiger partial charge in [0.05, 0.1) is 0 Å². The van der Waals surface area contributed by atoms with Gasteiger partial charge in [-0.1, -0.05) is 27.2 Å². The van der Waals surface area contributed by atoms with Crippen LogP contribution in [0.15, 0.2) is 0 Å². The van der Waals surface area contributed by atoms with Crippen LogP contribution in [-0.4, -0.2) is 30.1 Å².